The van der Waals surface area contributed by atoms with Crippen molar-refractivity contribution in [2.75, 3.05) is 0 Å². The second-order valence-electron chi connectivity index (χ2n) is 4.65. The van der Waals surface area contributed by atoms with Crippen LogP contribution in [-0.4, -0.2) is 16.8 Å². The van der Waals surface area contributed by atoms with Crippen LogP contribution in [-0.2, 0) is 6.54 Å². The highest BCUT2D eigenvalue weighted by atomic mass is 32.1. The lowest BCUT2D eigenvalue weighted by molar-refractivity contribution is 0.0722. The highest BCUT2D eigenvalue weighted by molar-refractivity contribution is 7.12. The molecule has 0 radical (unpaired) electrons. The predicted octanol–water partition coefficient (Wildman–Crippen LogP) is 3.45. The molecule has 0 spiro atoms. The third kappa shape index (κ3) is 2.34. The van der Waals surface area contributed by atoms with Crippen molar-refractivity contribution in [2.45, 2.75) is 32.4 Å². The van der Waals surface area contributed by atoms with Crippen molar-refractivity contribution in [3.05, 3.63) is 46.0 Å². The lowest BCUT2D eigenvalue weighted by Gasteiger charge is -2.20. The van der Waals surface area contributed by atoms with E-state index in [1.807, 2.05) is 41.5 Å². The summed E-state index contributed by atoms with van der Waals surface area (Å²) in [5.41, 5.74) is 0. The SMILES string of the molecule is Cc1ccc(CN(C(=O)c2cccs2)C2CC2)o1. The summed E-state index contributed by atoms with van der Waals surface area (Å²) in [7, 11) is 0. The minimum absolute atomic E-state index is 0.126. The Kier molecular flexibility index (Phi) is 2.96. The zero-order valence-corrected chi connectivity index (χ0v) is 11.1. The number of nitrogens with zero attached hydrogens (tertiary/aromatic N) is 1. The number of hydrogen-bond donors (Lipinski definition) is 0. The Hall–Kier alpha value is -1.55. The Morgan fingerprint density at radius 2 is 2.28 bits per heavy atom. The summed E-state index contributed by atoms with van der Waals surface area (Å²) in [6.45, 7) is 2.50. The second-order valence-corrected chi connectivity index (χ2v) is 5.60. The third-order valence-electron chi connectivity index (χ3n) is 3.10. The smallest absolute Gasteiger partial charge is 0.264 e. The van der Waals surface area contributed by atoms with E-state index in [-0.39, 0.29) is 5.91 Å². The number of thiophene rings is 1. The van der Waals surface area contributed by atoms with Crippen molar-refractivity contribution in [3.63, 3.8) is 0 Å². The fourth-order valence-corrected chi connectivity index (χ4v) is 2.71. The molecule has 3 rings (SSSR count). The fourth-order valence-electron chi connectivity index (χ4n) is 2.03. The van der Waals surface area contributed by atoms with Gasteiger partial charge in [0.05, 0.1) is 11.4 Å². The quantitative estimate of drug-likeness (QED) is 0.844. The predicted molar refractivity (Wildman–Crippen MR) is 70.7 cm³/mol. The Balaban J connectivity index is 1.78. The van der Waals surface area contributed by atoms with Gasteiger partial charge in [0.1, 0.15) is 11.5 Å². The molecule has 2 aromatic heterocycles. The van der Waals surface area contributed by atoms with E-state index < -0.39 is 0 Å². The molecule has 0 N–H and O–H groups in total. The first-order valence-electron chi connectivity index (χ1n) is 6.14. The van der Waals surface area contributed by atoms with Crippen molar-refractivity contribution in [1.82, 2.24) is 4.90 Å². The van der Waals surface area contributed by atoms with Crippen LogP contribution < -0.4 is 0 Å². The molecule has 0 aromatic carbocycles. The first-order chi connectivity index (χ1) is 8.74. The van der Waals surface area contributed by atoms with Gasteiger partial charge in [0.2, 0.25) is 0 Å². The number of carbonyl (C=O) groups is 1. The average Bonchev–Trinajstić information content (AvgIpc) is 2.89. The maximum absolute atomic E-state index is 12.4. The Morgan fingerprint density at radius 3 is 2.83 bits per heavy atom. The highest BCUT2D eigenvalue weighted by Gasteiger charge is 2.33. The molecule has 1 fully saturated rings. The molecule has 1 aliphatic rings. The monoisotopic (exact) mass is 261 g/mol. The number of rotatable bonds is 4. The molecule has 0 unspecified atom stereocenters. The molecule has 0 saturated heterocycles. The highest BCUT2D eigenvalue weighted by Crippen LogP contribution is 2.30. The van der Waals surface area contributed by atoms with Crippen LogP contribution in [0.5, 0.6) is 0 Å². The molecule has 1 amide bonds. The summed E-state index contributed by atoms with van der Waals surface area (Å²) >= 11 is 1.50. The number of amides is 1. The van der Waals surface area contributed by atoms with Crippen LogP contribution in [0.25, 0.3) is 0 Å². The van der Waals surface area contributed by atoms with Crippen LogP contribution >= 0.6 is 11.3 Å². The summed E-state index contributed by atoms with van der Waals surface area (Å²) in [4.78, 5) is 15.1. The maximum Gasteiger partial charge on any atom is 0.264 e. The lowest BCUT2D eigenvalue weighted by atomic mass is 10.3. The number of carbonyl (C=O) groups excluding carboxylic acids is 1. The normalized spacial score (nSPS) is 14.7. The van der Waals surface area contributed by atoms with Crippen molar-refractivity contribution < 1.29 is 9.21 Å². The van der Waals surface area contributed by atoms with Gasteiger partial charge in [0, 0.05) is 6.04 Å². The zero-order chi connectivity index (χ0) is 12.5. The Labute approximate surface area is 110 Å². The first-order valence-corrected chi connectivity index (χ1v) is 7.02. The molecule has 18 heavy (non-hydrogen) atoms. The average molecular weight is 261 g/mol. The van der Waals surface area contributed by atoms with Crippen LogP contribution in [0.4, 0.5) is 0 Å². The first kappa shape index (κ1) is 11.5. The molecular weight excluding hydrogens is 246 g/mol. The molecule has 1 aliphatic carbocycles. The van der Waals surface area contributed by atoms with Gasteiger partial charge in [-0.05, 0) is 43.3 Å². The topological polar surface area (TPSA) is 33.5 Å². The lowest BCUT2D eigenvalue weighted by Crippen LogP contribution is -2.31. The summed E-state index contributed by atoms with van der Waals surface area (Å²) < 4.78 is 5.57. The summed E-state index contributed by atoms with van der Waals surface area (Å²) in [5.74, 6) is 1.88. The minimum atomic E-state index is 0.126. The fraction of sp³-hybridized carbons (Fsp3) is 0.357. The van der Waals surface area contributed by atoms with E-state index in [4.69, 9.17) is 4.42 Å². The van der Waals surface area contributed by atoms with Crippen LogP contribution in [0.3, 0.4) is 0 Å². The van der Waals surface area contributed by atoms with Gasteiger partial charge in [-0.1, -0.05) is 6.07 Å². The van der Waals surface area contributed by atoms with E-state index in [0.717, 1.165) is 29.2 Å². The standard InChI is InChI=1S/C14H15NO2S/c1-10-4-7-12(17-10)9-15(11-5-6-11)14(16)13-3-2-8-18-13/h2-4,7-8,11H,5-6,9H2,1H3. The maximum atomic E-state index is 12.4. The van der Waals surface area contributed by atoms with Gasteiger partial charge < -0.3 is 9.32 Å². The van der Waals surface area contributed by atoms with Crippen LogP contribution in [0, 0.1) is 6.92 Å². The van der Waals surface area contributed by atoms with Gasteiger partial charge in [-0.3, -0.25) is 4.79 Å². The number of aryl methyl sites for hydroxylation is 1. The van der Waals surface area contributed by atoms with Crippen LogP contribution in [0.1, 0.15) is 34.0 Å². The molecule has 94 valence electrons. The van der Waals surface area contributed by atoms with Gasteiger partial charge in [0.25, 0.3) is 5.91 Å². The van der Waals surface area contributed by atoms with Crippen molar-refractivity contribution >= 4 is 17.2 Å². The largest absolute Gasteiger partial charge is 0.464 e. The molecular formula is C14H15NO2S. The molecule has 3 nitrogen and oxygen atoms in total. The van der Waals surface area contributed by atoms with Gasteiger partial charge in [0.15, 0.2) is 0 Å². The zero-order valence-electron chi connectivity index (χ0n) is 10.3. The van der Waals surface area contributed by atoms with E-state index in [1.54, 1.807) is 0 Å². The van der Waals surface area contributed by atoms with Crippen LogP contribution in [0.2, 0.25) is 0 Å². The molecule has 1 saturated carbocycles. The molecule has 4 heteroatoms. The summed E-state index contributed by atoms with van der Waals surface area (Å²) in [6.07, 6.45) is 2.22. The van der Waals surface area contributed by atoms with E-state index >= 15 is 0 Å². The van der Waals surface area contributed by atoms with Gasteiger partial charge in [-0.25, -0.2) is 0 Å². The van der Waals surface area contributed by atoms with Gasteiger partial charge in [-0.15, -0.1) is 11.3 Å². The second kappa shape index (κ2) is 4.61. The van der Waals surface area contributed by atoms with Crippen molar-refractivity contribution in [1.29, 1.82) is 0 Å². The van der Waals surface area contributed by atoms with E-state index in [1.165, 1.54) is 11.3 Å². The number of furan rings is 1. The van der Waals surface area contributed by atoms with Crippen molar-refractivity contribution in [3.8, 4) is 0 Å². The molecule has 0 bridgehead atoms. The third-order valence-corrected chi connectivity index (χ3v) is 3.96. The van der Waals surface area contributed by atoms with Crippen LogP contribution in [0.15, 0.2) is 34.1 Å². The molecule has 2 aromatic rings. The summed E-state index contributed by atoms with van der Waals surface area (Å²) in [5, 5.41) is 1.94. The summed E-state index contributed by atoms with van der Waals surface area (Å²) in [6, 6.07) is 8.09. The van der Waals surface area contributed by atoms with Gasteiger partial charge >= 0.3 is 0 Å². The molecule has 0 aliphatic heterocycles. The van der Waals surface area contributed by atoms with E-state index in [2.05, 4.69) is 0 Å². The van der Waals surface area contributed by atoms with E-state index in [0.29, 0.717) is 12.6 Å². The van der Waals surface area contributed by atoms with Gasteiger partial charge in [-0.2, -0.15) is 0 Å². The minimum Gasteiger partial charge on any atom is -0.464 e. The van der Waals surface area contributed by atoms with E-state index in [9.17, 15) is 4.79 Å². The Bertz CT molecular complexity index is 540. The Morgan fingerprint density at radius 1 is 1.44 bits per heavy atom. The van der Waals surface area contributed by atoms with Crippen molar-refractivity contribution in [2.24, 2.45) is 0 Å². The molecule has 2 heterocycles. The molecule has 0 atom stereocenters. The number of hydrogen-bond acceptors (Lipinski definition) is 3.